The Morgan fingerprint density at radius 2 is 1.78 bits per heavy atom. The number of ether oxygens (including phenoxy) is 2. The van der Waals surface area contributed by atoms with Gasteiger partial charge in [-0.1, -0.05) is 36.9 Å². The largest absolute Gasteiger partial charge is 0.423 e. The van der Waals surface area contributed by atoms with E-state index in [1.54, 1.807) is 12.1 Å². The summed E-state index contributed by atoms with van der Waals surface area (Å²) in [4.78, 5) is 12.9. The molecule has 6 nitrogen and oxygen atoms in total. The summed E-state index contributed by atoms with van der Waals surface area (Å²) in [6, 6.07) is 11.3. The number of hydrogen-bond donors (Lipinski definition) is 3. The fraction of sp³-hybridized carbons (Fsp3) is 0.387. The number of carbonyl (C=O) groups is 1. The Labute approximate surface area is 219 Å². The van der Waals surface area contributed by atoms with Crippen molar-refractivity contribution in [2.24, 2.45) is 5.92 Å². The van der Waals surface area contributed by atoms with E-state index >= 15 is 0 Å². The Morgan fingerprint density at radius 3 is 2.43 bits per heavy atom. The van der Waals surface area contributed by atoms with Crippen LogP contribution in [0.2, 0.25) is 0 Å². The van der Waals surface area contributed by atoms with Crippen molar-refractivity contribution in [3.8, 4) is 11.1 Å². The number of anilines is 2. The van der Waals surface area contributed by atoms with Crippen LogP contribution in [0.15, 0.2) is 72.0 Å². The number of carbonyl (C=O) groups excluding carboxylic acids is 1. The van der Waals surface area contributed by atoms with Gasteiger partial charge in [0.05, 0.1) is 29.6 Å². The third-order valence-corrected chi connectivity index (χ3v) is 7.66. The van der Waals surface area contributed by atoms with Crippen molar-refractivity contribution in [1.82, 2.24) is 0 Å². The van der Waals surface area contributed by atoms with Gasteiger partial charge < -0.3 is 26.0 Å². The summed E-state index contributed by atoms with van der Waals surface area (Å²) in [6.45, 7) is 9.15. The number of aliphatic hydroxyl groups is 1. The van der Waals surface area contributed by atoms with E-state index in [0.29, 0.717) is 41.8 Å². The molecule has 2 aromatic rings. The number of nitrogen functional groups attached to an aromatic ring is 2. The predicted octanol–water partition coefficient (Wildman–Crippen LogP) is 6.14. The standard InChI is InChI=1S/C31H38N2O4/c1-4-25-19(3)28(17-12-23(25)18-36-5-2)37-31(35)22-8-6-20(7-9-22)26-15-16-27(30(33)29(26)32)21-10-13-24(34)14-11-21/h4,6-9,15-17,21,23-24,34H,1,5,10-14,18,32-33H2,2-3H3. The second-order valence-electron chi connectivity index (χ2n) is 9.95. The molecule has 0 spiro atoms. The summed E-state index contributed by atoms with van der Waals surface area (Å²) in [5.74, 6) is 0.693. The van der Waals surface area contributed by atoms with E-state index in [1.807, 2.05) is 50.3 Å². The molecule has 0 bridgehead atoms. The van der Waals surface area contributed by atoms with E-state index < -0.39 is 5.97 Å². The lowest BCUT2D eigenvalue weighted by molar-refractivity contribution is 0.0626. The molecule has 0 saturated heterocycles. The number of esters is 1. The maximum atomic E-state index is 12.9. The molecule has 6 heteroatoms. The third-order valence-electron chi connectivity index (χ3n) is 7.66. The number of hydrogen-bond acceptors (Lipinski definition) is 6. The van der Waals surface area contributed by atoms with Gasteiger partial charge in [0.2, 0.25) is 0 Å². The fourth-order valence-corrected chi connectivity index (χ4v) is 5.43. The van der Waals surface area contributed by atoms with E-state index in [2.05, 4.69) is 6.58 Å². The molecule has 2 aromatic carbocycles. The van der Waals surface area contributed by atoms with Gasteiger partial charge in [0.1, 0.15) is 5.76 Å². The maximum absolute atomic E-state index is 12.9. The number of aliphatic hydroxyl groups excluding tert-OH is 1. The monoisotopic (exact) mass is 502 g/mol. The lowest BCUT2D eigenvalue weighted by Crippen LogP contribution is -2.18. The van der Waals surface area contributed by atoms with Crippen LogP contribution >= 0.6 is 0 Å². The minimum Gasteiger partial charge on any atom is -0.423 e. The van der Waals surface area contributed by atoms with Gasteiger partial charge in [-0.15, -0.1) is 0 Å². The second-order valence-corrected chi connectivity index (χ2v) is 9.95. The molecule has 37 heavy (non-hydrogen) atoms. The summed E-state index contributed by atoms with van der Waals surface area (Å²) < 4.78 is 11.4. The van der Waals surface area contributed by atoms with Crippen molar-refractivity contribution in [2.75, 3.05) is 24.7 Å². The van der Waals surface area contributed by atoms with Gasteiger partial charge in [0.15, 0.2) is 0 Å². The molecule has 196 valence electrons. The van der Waals surface area contributed by atoms with Crippen LogP contribution in [0.4, 0.5) is 11.4 Å². The minimum atomic E-state index is -0.411. The van der Waals surface area contributed by atoms with Crippen LogP contribution in [0.3, 0.4) is 0 Å². The lowest BCUT2D eigenvalue weighted by atomic mass is 9.81. The topological polar surface area (TPSA) is 108 Å². The minimum absolute atomic E-state index is 0.213. The van der Waals surface area contributed by atoms with Crippen LogP contribution in [0.1, 0.15) is 67.8 Å². The van der Waals surface area contributed by atoms with Crippen molar-refractivity contribution < 1.29 is 19.4 Å². The highest BCUT2D eigenvalue weighted by Crippen LogP contribution is 2.41. The van der Waals surface area contributed by atoms with E-state index in [1.165, 1.54) is 0 Å². The highest BCUT2D eigenvalue weighted by Gasteiger charge is 2.25. The average Bonchev–Trinajstić information content (AvgIpc) is 2.91. The molecule has 0 amide bonds. The number of nitrogens with two attached hydrogens (primary N) is 2. The van der Waals surface area contributed by atoms with E-state index in [0.717, 1.165) is 59.9 Å². The Bertz CT molecular complexity index is 1200. The zero-order valence-corrected chi connectivity index (χ0v) is 21.8. The maximum Gasteiger partial charge on any atom is 0.343 e. The molecule has 1 atom stereocenters. The first-order chi connectivity index (χ1) is 17.8. The third kappa shape index (κ3) is 5.81. The normalized spacial score (nSPS) is 21.9. The first-order valence-electron chi connectivity index (χ1n) is 13.1. The molecular formula is C31H38N2O4. The molecular weight excluding hydrogens is 464 g/mol. The number of benzene rings is 2. The van der Waals surface area contributed by atoms with Gasteiger partial charge in [-0.25, -0.2) is 4.79 Å². The van der Waals surface area contributed by atoms with Crippen LogP contribution in [-0.4, -0.2) is 30.4 Å². The number of rotatable bonds is 8. The molecule has 0 heterocycles. The van der Waals surface area contributed by atoms with Crippen molar-refractivity contribution in [3.05, 3.63) is 83.2 Å². The Morgan fingerprint density at radius 1 is 1.08 bits per heavy atom. The van der Waals surface area contributed by atoms with Crippen LogP contribution in [0.5, 0.6) is 0 Å². The van der Waals surface area contributed by atoms with Crippen molar-refractivity contribution in [3.63, 3.8) is 0 Å². The van der Waals surface area contributed by atoms with Gasteiger partial charge >= 0.3 is 5.97 Å². The van der Waals surface area contributed by atoms with Gasteiger partial charge in [0, 0.05) is 18.1 Å². The highest BCUT2D eigenvalue weighted by molar-refractivity contribution is 5.92. The van der Waals surface area contributed by atoms with Gasteiger partial charge in [0.25, 0.3) is 0 Å². The Kier molecular flexibility index (Phi) is 8.52. The zero-order chi connectivity index (χ0) is 26.5. The van der Waals surface area contributed by atoms with E-state index in [9.17, 15) is 9.90 Å². The van der Waals surface area contributed by atoms with Crippen molar-refractivity contribution in [2.45, 2.75) is 58.0 Å². The zero-order valence-electron chi connectivity index (χ0n) is 21.8. The Balaban J connectivity index is 1.47. The quantitative estimate of drug-likeness (QED) is 0.296. The van der Waals surface area contributed by atoms with Crippen LogP contribution < -0.4 is 11.5 Å². The summed E-state index contributed by atoms with van der Waals surface area (Å²) in [7, 11) is 0. The van der Waals surface area contributed by atoms with Gasteiger partial charge in [-0.05, 0) is 92.4 Å². The molecule has 2 aliphatic carbocycles. The Hall–Kier alpha value is -3.35. The molecule has 1 saturated carbocycles. The molecule has 4 rings (SSSR count). The number of allylic oxidation sites excluding steroid dienone is 3. The first-order valence-corrected chi connectivity index (χ1v) is 13.1. The summed E-state index contributed by atoms with van der Waals surface area (Å²) >= 11 is 0. The highest BCUT2D eigenvalue weighted by atomic mass is 16.5. The van der Waals surface area contributed by atoms with Crippen molar-refractivity contribution >= 4 is 17.3 Å². The van der Waals surface area contributed by atoms with Crippen molar-refractivity contribution in [1.29, 1.82) is 0 Å². The lowest BCUT2D eigenvalue weighted by Gasteiger charge is -2.27. The summed E-state index contributed by atoms with van der Waals surface area (Å²) in [5, 5.41) is 9.82. The molecule has 0 aromatic heterocycles. The second kappa shape index (κ2) is 11.8. The molecule has 2 aliphatic rings. The molecule has 5 N–H and O–H groups in total. The SMILES string of the molecule is C=CC1=C(C)C(OC(=O)c2ccc(-c3ccc(C4CCC(O)CC4)c(N)c3N)cc2)=CCC1COCC. The average molecular weight is 503 g/mol. The van der Waals surface area contributed by atoms with E-state index in [-0.39, 0.29) is 12.0 Å². The van der Waals surface area contributed by atoms with Gasteiger partial charge in [-0.2, -0.15) is 0 Å². The molecule has 1 unspecified atom stereocenters. The fourth-order valence-electron chi connectivity index (χ4n) is 5.43. The first kappa shape index (κ1) is 26.7. The van der Waals surface area contributed by atoms with E-state index in [4.69, 9.17) is 20.9 Å². The molecule has 0 radical (unpaired) electrons. The summed E-state index contributed by atoms with van der Waals surface area (Å²) in [5.41, 5.74) is 19.3. The summed E-state index contributed by atoms with van der Waals surface area (Å²) in [6.07, 6.45) is 7.70. The molecule has 0 aliphatic heterocycles. The van der Waals surface area contributed by atoms with Crippen LogP contribution in [0.25, 0.3) is 11.1 Å². The van der Waals surface area contributed by atoms with Crippen LogP contribution in [-0.2, 0) is 9.47 Å². The van der Waals surface area contributed by atoms with Crippen LogP contribution in [0, 0.1) is 5.92 Å². The smallest absolute Gasteiger partial charge is 0.343 e. The predicted molar refractivity (Wildman–Crippen MR) is 149 cm³/mol. The molecule has 1 fully saturated rings. The van der Waals surface area contributed by atoms with Gasteiger partial charge in [-0.3, -0.25) is 0 Å².